The van der Waals surface area contributed by atoms with Gasteiger partial charge in [0.15, 0.2) is 0 Å². The van der Waals surface area contributed by atoms with E-state index in [9.17, 15) is 4.79 Å². The molecule has 1 aromatic heterocycles. The molecule has 4 nitrogen and oxygen atoms in total. The highest BCUT2D eigenvalue weighted by Crippen LogP contribution is 2.14. The summed E-state index contributed by atoms with van der Waals surface area (Å²) in [5, 5.41) is 3.19. The van der Waals surface area contributed by atoms with Gasteiger partial charge >= 0.3 is 5.97 Å². The van der Waals surface area contributed by atoms with E-state index in [1.807, 2.05) is 0 Å². The van der Waals surface area contributed by atoms with Crippen molar-refractivity contribution in [3.63, 3.8) is 0 Å². The Kier molecular flexibility index (Phi) is 3.29. The average molecular weight is 206 g/mol. The van der Waals surface area contributed by atoms with Crippen molar-refractivity contribution in [2.24, 2.45) is 5.92 Å². The molecule has 0 aromatic carbocycles. The van der Waals surface area contributed by atoms with E-state index in [-0.39, 0.29) is 11.9 Å². The molecule has 1 aliphatic rings. The lowest BCUT2D eigenvalue weighted by molar-refractivity contribution is -0.139. The van der Waals surface area contributed by atoms with Crippen LogP contribution >= 0.6 is 0 Å². The molecule has 0 aliphatic carbocycles. The van der Waals surface area contributed by atoms with Gasteiger partial charge in [-0.1, -0.05) is 0 Å². The highest BCUT2D eigenvalue weighted by Gasteiger charge is 2.22. The molecule has 4 heteroatoms. The number of carbonyl (C=O) groups is 1. The van der Waals surface area contributed by atoms with Crippen LogP contribution in [-0.4, -0.2) is 24.0 Å². The molecule has 80 valence electrons. The molecule has 0 amide bonds. The maximum atomic E-state index is 11.7. The summed E-state index contributed by atoms with van der Waals surface area (Å²) in [4.78, 5) is 15.6. The maximum Gasteiger partial charge on any atom is 0.315 e. The summed E-state index contributed by atoms with van der Waals surface area (Å²) < 4.78 is 5.21. The predicted molar refractivity (Wildman–Crippen MR) is 55.5 cm³/mol. The van der Waals surface area contributed by atoms with Crippen LogP contribution < -0.4 is 10.1 Å². The lowest BCUT2D eigenvalue weighted by atomic mass is 10.0. The van der Waals surface area contributed by atoms with Gasteiger partial charge in [-0.25, -0.2) is 0 Å². The monoisotopic (exact) mass is 206 g/mol. The minimum atomic E-state index is -0.157. The second-order valence-electron chi connectivity index (χ2n) is 3.65. The van der Waals surface area contributed by atoms with E-state index >= 15 is 0 Å². The first-order valence-corrected chi connectivity index (χ1v) is 5.19. The molecule has 2 heterocycles. The molecule has 1 N–H and O–H groups in total. The van der Waals surface area contributed by atoms with Gasteiger partial charge in [-0.2, -0.15) is 0 Å². The second-order valence-corrected chi connectivity index (χ2v) is 3.65. The Hall–Kier alpha value is -1.42. The van der Waals surface area contributed by atoms with E-state index in [2.05, 4.69) is 10.3 Å². The van der Waals surface area contributed by atoms with Crippen LogP contribution in [0.1, 0.15) is 12.8 Å². The van der Waals surface area contributed by atoms with Crippen LogP contribution in [0.2, 0.25) is 0 Å². The standard InChI is InChI=1S/C11H14N2O2/c14-11(9-3-1-5-12-7-9)15-10-4-2-6-13-8-10/h2,4,6,8-9,12H,1,3,5,7H2. The zero-order chi connectivity index (χ0) is 10.5. The van der Waals surface area contributed by atoms with Gasteiger partial charge in [0.25, 0.3) is 0 Å². The average Bonchev–Trinajstić information content (AvgIpc) is 2.31. The van der Waals surface area contributed by atoms with Gasteiger partial charge in [0, 0.05) is 12.7 Å². The van der Waals surface area contributed by atoms with Crippen LogP contribution in [0.3, 0.4) is 0 Å². The summed E-state index contributed by atoms with van der Waals surface area (Å²) in [6.07, 6.45) is 5.15. The summed E-state index contributed by atoms with van der Waals surface area (Å²) in [6.45, 7) is 1.72. The van der Waals surface area contributed by atoms with E-state index in [0.29, 0.717) is 5.75 Å². The molecule has 1 unspecified atom stereocenters. The van der Waals surface area contributed by atoms with Gasteiger partial charge < -0.3 is 10.1 Å². The summed E-state index contributed by atoms with van der Waals surface area (Å²) in [6, 6.07) is 3.49. The van der Waals surface area contributed by atoms with Crippen molar-refractivity contribution in [3.8, 4) is 5.75 Å². The van der Waals surface area contributed by atoms with Crippen molar-refractivity contribution in [3.05, 3.63) is 24.5 Å². The first kappa shape index (κ1) is 10.1. The molecule has 1 saturated heterocycles. The molecule has 0 radical (unpaired) electrons. The SMILES string of the molecule is O=C(Oc1cccnc1)C1CCCNC1. The lowest BCUT2D eigenvalue weighted by Crippen LogP contribution is -2.36. The summed E-state index contributed by atoms with van der Waals surface area (Å²) >= 11 is 0. The molecule has 0 saturated carbocycles. The molecular formula is C11H14N2O2. The number of piperidine rings is 1. The topological polar surface area (TPSA) is 51.2 Å². The number of carbonyl (C=O) groups excluding carboxylic acids is 1. The quantitative estimate of drug-likeness (QED) is 0.733. The fourth-order valence-electron chi connectivity index (χ4n) is 1.66. The zero-order valence-corrected chi connectivity index (χ0v) is 8.48. The van der Waals surface area contributed by atoms with Crippen LogP contribution in [0.5, 0.6) is 5.75 Å². The summed E-state index contributed by atoms with van der Waals surface area (Å²) in [5.74, 6) is 0.349. The van der Waals surface area contributed by atoms with Crippen LogP contribution in [0, 0.1) is 5.92 Å². The fraction of sp³-hybridized carbons (Fsp3) is 0.455. The number of hydrogen-bond acceptors (Lipinski definition) is 4. The molecule has 1 aromatic rings. The summed E-state index contributed by atoms with van der Waals surface area (Å²) in [5.41, 5.74) is 0. The predicted octanol–water partition coefficient (Wildman–Crippen LogP) is 0.987. The van der Waals surface area contributed by atoms with E-state index in [4.69, 9.17) is 4.74 Å². The Morgan fingerprint density at radius 3 is 3.20 bits per heavy atom. The second kappa shape index (κ2) is 4.89. The van der Waals surface area contributed by atoms with Gasteiger partial charge in [0.2, 0.25) is 0 Å². The third kappa shape index (κ3) is 2.76. The van der Waals surface area contributed by atoms with Crippen LogP contribution in [0.15, 0.2) is 24.5 Å². The van der Waals surface area contributed by atoms with Crippen molar-refractivity contribution in [2.45, 2.75) is 12.8 Å². The normalized spacial score (nSPS) is 20.9. The summed E-state index contributed by atoms with van der Waals surface area (Å²) in [7, 11) is 0. The number of aromatic nitrogens is 1. The molecule has 1 fully saturated rings. The molecule has 1 aliphatic heterocycles. The van der Waals surface area contributed by atoms with Gasteiger partial charge in [-0.15, -0.1) is 0 Å². The number of esters is 1. The number of ether oxygens (including phenoxy) is 1. The van der Waals surface area contributed by atoms with Crippen molar-refractivity contribution in [1.82, 2.24) is 10.3 Å². The Morgan fingerprint density at radius 1 is 1.60 bits per heavy atom. The number of rotatable bonds is 2. The molecule has 2 rings (SSSR count). The number of pyridine rings is 1. The number of nitrogens with one attached hydrogen (secondary N) is 1. The van der Waals surface area contributed by atoms with E-state index in [1.165, 1.54) is 0 Å². The number of hydrogen-bond donors (Lipinski definition) is 1. The van der Waals surface area contributed by atoms with Crippen LogP contribution in [0.4, 0.5) is 0 Å². The van der Waals surface area contributed by atoms with Crippen molar-refractivity contribution < 1.29 is 9.53 Å². The highest BCUT2D eigenvalue weighted by molar-refractivity contribution is 5.75. The fourth-order valence-corrected chi connectivity index (χ4v) is 1.66. The smallest absolute Gasteiger partial charge is 0.315 e. The first-order chi connectivity index (χ1) is 7.36. The van der Waals surface area contributed by atoms with Gasteiger partial charge in [0.05, 0.1) is 12.1 Å². The van der Waals surface area contributed by atoms with Crippen molar-refractivity contribution in [1.29, 1.82) is 0 Å². The Balaban J connectivity index is 1.91. The molecular weight excluding hydrogens is 192 g/mol. The Labute approximate surface area is 88.7 Å². The third-order valence-corrected chi connectivity index (χ3v) is 2.48. The molecule has 0 bridgehead atoms. The van der Waals surface area contributed by atoms with Crippen molar-refractivity contribution >= 4 is 5.97 Å². The highest BCUT2D eigenvalue weighted by atomic mass is 16.5. The minimum absolute atomic E-state index is 0.0149. The molecule has 1 atom stereocenters. The molecule has 0 spiro atoms. The largest absolute Gasteiger partial charge is 0.425 e. The number of nitrogens with zero attached hydrogens (tertiary/aromatic N) is 1. The minimum Gasteiger partial charge on any atom is -0.425 e. The van der Waals surface area contributed by atoms with Gasteiger partial charge in [0.1, 0.15) is 5.75 Å². The maximum absolute atomic E-state index is 11.7. The van der Waals surface area contributed by atoms with Gasteiger partial charge in [-0.3, -0.25) is 9.78 Å². The van der Waals surface area contributed by atoms with Crippen LogP contribution in [-0.2, 0) is 4.79 Å². The zero-order valence-electron chi connectivity index (χ0n) is 8.48. The van der Waals surface area contributed by atoms with Gasteiger partial charge in [-0.05, 0) is 31.5 Å². The van der Waals surface area contributed by atoms with E-state index in [0.717, 1.165) is 25.9 Å². The Morgan fingerprint density at radius 2 is 2.53 bits per heavy atom. The lowest BCUT2D eigenvalue weighted by Gasteiger charge is -2.20. The Bertz CT molecular complexity index is 321. The van der Waals surface area contributed by atoms with Crippen molar-refractivity contribution in [2.75, 3.05) is 13.1 Å². The third-order valence-electron chi connectivity index (χ3n) is 2.48. The first-order valence-electron chi connectivity index (χ1n) is 5.19. The molecule has 15 heavy (non-hydrogen) atoms. The van der Waals surface area contributed by atoms with E-state index in [1.54, 1.807) is 24.5 Å². The van der Waals surface area contributed by atoms with E-state index < -0.39 is 0 Å². The van der Waals surface area contributed by atoms with Crippen LogP contribution in [0.25, 0.3) is 0 Å².